The number of carbonyl (C=O) groups is 1. The molecule has 1 amide bonds. The van der Waals surface area contributed by atoms with Crippen molar-refractivity contribution >= 4 is 11.8 Å². The van der Waals surface area contributed by atoms with E-state index in [0.717, 1.165) is 0 Å². The average molecular weight is 238 g/mol. The highest BCUT2D eigenvalue weighted by atomic mass is 16.5. The van der Waals surface area contributed by atoms with Gasteiger partial charge in [-0.05, 0) is 24.1 Å². The number of ether oxygens (including phenoxy) is 1. The van der Waals surface area contributed by atoms with Crippen molar-refractivity contribution in [2.24, 2.45) is 5.92 Å². The van der Waals surface area contributed by atoms with Crippen molar-refractivity contribution in [1.82, 2.24) is 5.32 Å². The Morgan fingerprint density at radius 2 is 2.24 bits per heavy atom. The van der Waals surface area contributed by atoms with Crippen LogP contribution in [0.5, 0.6) is 5.75 Å². The van der Waals surface area contributed by atoms with Crippen LogP contribution in [-0.2, 0) is 11.3 Å². The van der Waals surface area contributed by atoms with E-state index in [0.29, 0.717) is 23.8 Å². The molecule has 0 fully saturated rings. The van der Waals surface area contributed by atoms with Crippen LogP contribution in [0.4, 0.5) is 10.5 Å². The molecule has 94 valence electrons. The molecule has 0 bridgehead atoms. The lowest BCUT2D eigenvalue weighted by Gasteiger charge is -2.10. The first kappa shape index (κ1) is 13.2. The Balaban J connectivity index is 2.44. The second kappa shape index (κ2) is 5.98. The Morgan fingerprint density at radius 3 is 2.88 bits per heavy atom. The molecule has 0 aromatic heterocycles. The van der Waals surface area contributed by atoms with Gasteiger partial charge in [0.15, 0.2) is 0 Å². The van der Waals surface area contributed by atoms with Gasteiger partial charge < -0.3 is 20.9 Å². The van der Waals surface area contributed by atoms with E-state index in [1.165, 1.54) is 6.07 Å². The van der Waals surface area contributed by atoms with Gasteiger partial charge in [-0.15, -0.1) is 0 Å². The van der Waals surface area contributed by atoms with Crippen molar-refractivity contribution in [3.05, 3.63) is 23.8 Å². The maximum absolute atomic E-state index is 11.3. The van der Waals surface area contributed by atoms with Crippen LogP contribution in [0.25, 0.3) is 0 Å². The van der Waals surface area contributed by atoms with E-state index < -0.39 is 6.09 Å². The van der Waals surface area contributed by atoms with Gasteiger partial charge in [0.25, 0.3) is 0 Å². The number of nitrogens with two attached hydrogens (primary N) is 1. The molecular weight excluding hydrogens is 220 g/mol. The number of hydrogen-bond donors (Lipinski definition) is 3. The molecule has 0 unspecified atom stereocenters. The van der Waals surface area contributed by atoms with Crippen LogP contribution in [0.15, 0.2) is 18.2 Å². The van der Waals surface area contributed by atoms with E-state index >= 15 is 0 Å². The summed E-state index contributed by atoms with van der Waals surface area (Å²) in [5.41, 5.74) is 6.68. The third kappa shape index (κ3) is 4.63. The Bertz CT molecular complexity index is 391. The maximum atomic E-state index is 11.3. The molecule has 0 atom stereocenters. The number of phenols is 1. The Labute approximate surface area is 101 Å². The minimum Gasteiger partial charge on any atom is -0.508 e. The van der Waals surface area contributed by atoms with Gasteiger partial charge in [0.1, 0.15) is 5.75 Å². The first-order valence-electron chi connectivity index (χ1n) is 5.47. The summed E-state index contributed by atoms with van der Waals surface area (Å²) in [5, 5.41) is 12.1. The number of nitrogens with one attached hydrogen (secondary N) is 1. The van der Waals surface area contributed by atoms with Gasteiger partial charge in [0.2, 0.25) is 0 Å². The van der Waals surface area contributed by atoms with Crippen molar-refractivity contribution in [3.8, 4) is 5.75 Å². The number of anilines is 1. The number of nitrogen functional groups attached to an aromatic ring is 1. The molecule has 0 saturated heterocycles. The second-order valence-electron chi connectivity index (χ2n) is 4.23. The molecule has 1 aromatic carbocycles. The van der Waals surface area contributed by atoms with Crippen molar-refractivity contribution in [2.45, 2.75) is 20.4 Å². The highest BCUT2D eigenvalue weighted by molar-refractivity contribution is 5.67. The second-order valence-corrected chi connectivity index (χ2v) is 4.23. The Kier molecular flexibility index (Phi) is 4.63. The van der Waals surface area contributed by atoms with E-state index in [2.05, 4.69) is 5.32 Å². The van der Waals surface area contributed by atoms with E-state index in [1.807, 2.05) is 13.8 Å². The first-order valence-corrected chi connectivity index (χ1v) is 5.47. The van der Waals surface area contributed by atoms with Gasteiger partial charge in [-0.3, -0.25) is 0 Å². The molecule has 0 aliphatic rings. The summed E-state index contributed by atoms with van der Waals surface area (Å²) in [7, 11) is 0. The smallest absolute Gasteiger partial charge is 0.407 e. The van der Waals surface area contributed by atoms with Crippen molar-refractivity contribution in [3.63, 3.8) is 0 Å². The summed E-state index contributed by atoms with van der Waals surface area (Å²) in [6, 6.07) is 4.69. The highest BCUT2D eigenvalue weighted by Crippen LogP contribution is 2.19. The molecule has 0 aliphatic carbocycles. The van der Waals surface area contributed by atoms with Crippen molar-refractivity contribution < 1.29 is 14.6 Å². The van der Waals surface area contributed by atoms with Gasteiger partial charge in [-0.2, -0.15) is 0 Å². The Morgan fingerprint density at radius 1 is 1.53 bits per heavy atom. The minimum atomic E-state index is -0.500. The molecule has 17 heavy (non-hydrogen) atoms. The number of alkyl carbamates (subject to hydrolysis) is 1. The molecule has 4 N–H and O–H groups in total. The topological polar surface area (TPSA) is 84.6 Å². The van der Waals surface area contributed by atoms with Gasteiger partial charge in [0.05, 0.1) is 6.61 Å². The lowest BCUT2D eigenvalue weighted by molar-refractivity contribution is 0.132. The van der Waals surface area contributed by atoms with Crippen molar-refractivity contribution in [2.75, 3.05) is 12.3 Å². The number of hydrogen-bond acceptors (Lipinski definition) is 4. The number of amides is 1. The minimum absolute atomic E-state index is 0.100. The van der Waals surface area contributed by atoms with Crippen LogP contribution in [0.2, 0.25) is 0 Å². The summed E-state index contributed by atoms with van der Waals surface area (Å²) in [5.74, 6) is 0.393. The fourth-order valence-electron chi connectivity index (χ4n) is 1.21. The maximum Gasteiger partial charge on any atom is 0.407 e. The predicted molar refractivity (Wildman–Crippen MR) is 65.5 cm³/mol. The fraction of sp³-hybridized carbons (Fsp3) is 0.417. The normalized spacial score (nSPS) is 10.3. The highest BCUT2D eigenvalue weighted by Gasteiger charge is 2.06. The average Bonchev–Trinajstić information content (AvgIpc) is 2.27. The van der Waals surface area contributed by atoms with Crippen LogP contribution < -0.4 is 11.1 Å². The fourth-order valence-corrected chi connectivity index (χ4v) is 1.21. The summed E-state index contributed by atoms with van der Waals surface area (Å²) >= 11 is 0. The largest absolute Gasteiger partial charge is 0.508 e. The molecule has 0 spiro atoms. The number of phenolic OH excluding ortho intramolecular Hbond substituents is 1. The summed E-state index contributed by atoms with van der Waals surface area (Å²) in [6.07, 6.45) is -0.500. The van der Waals surface area contributed by atoms with Gasteiger partial charge in [0, 0.05) is 17.8 Å². The third-order valence-electron chi connectivity index (χ3n) is 2.07. The number of aromatic hydroxyl groups is 1. The van der Waals surface area contributed by atoms with E-state index in [1.54, 1.807) is 12.1 Å². The summed E-state index contributed by atoms with van der Waals surface area (Å²) < 4.78 is 4.93. The monoisotopic (exact) mass is 238 g/mol. The zero-order valence-corrected chi connectivity index (χ0v) is 10.1. The van der Waals surface area contributed by atoms with Crippen LogP contribution in [0.3, 0.4) is 0 Å². The molecule has 5 nitrogen and oxygen atoms in total. The molecule has 1 aromatic rings. The zero-order valence-electron chi connectivity index (χ0n) is 10.1. The molecular formula is C12H18N2O3. The van der Waals surface area contributed by atoms with Crippen molar-refractivity contribution in [1.29, 1.82) is 0 Å². The van der Waals surface area contributed by atoms with Crippen LogP contribution in [0.1, 0.15) is 19.4 Å². The van der Waals surface area contributed by atoms with Crippen LogP contribution >= 0.6 is 0 Å². The van der Waals surface area contributed by atoms with Crippen LogP contribution in [-0.4, -0.2) is 17.8 Å². The molecule has 5 heteroatoms. The summed E-state index contributed by atoms with van der Waals surface area (Å²) in [4.78, 5) is 11.3. The van der Waals surface area contributed by atoms with Gasteiger partial charge >= 0.3 is 6.09 Å². The molecule has 0 radical (unpaired) electrons. The predicted octanol–water partition coefficient (Wildman–Crippen LogP) is 1.86. The quantitative estimate of drug-likeness (QED) is 0.552. The lowest BCUT2D eigenvalue weighted by atomic mass is 10.2. The SMILES string of the molecule is CC(C)COC(=O)NCc1cc(N)ccc1O. The molecule has 0 heterocycles. The van der Waals surface area contributed by atoms with Crippen LogP contribution in [0, 0.1) is 5.92 Å². The number of rotatable bonds is 4. The van der Waals surface area contributed by atoms with Gasteiger partial charge in [-0.25, -0.2) is 4.79 Å². The standard InChI is InChI=1S/C12H18N2O3/c1-8(2)7-17-12(16)14-6-9-5-10(13)3-4-11(9)15/h3-5,8,15H,6-7,13H2,1-2H3,(H,14,16). The third-order valence-corrected chi connectivity index (χ3v) is 2.07. The van der Waals surface area contributed by atoms with E-state index in [-0.39, 0.29) is 12.3 Å². The molecule has 0 saturated carbocycles. The van der Waals surface area contributed by atoms with Gasteiger partial charge in [-0.1, -0.05) is 13.8 Å². The number of benzene rings is 1. The van der Waals surface area contributed by atoms with E-state index in [9.17, 15) is 9.90 Å². The number of carbonyl (C=O) groups excluding carboxylic acids is 1. The summed E-state index contributed by atoms with van der Waals surface area (Å²) in [6.45, 7) is 4.47. The molecule has 0 aliphatic heterocycles. The zero-order chi connectivity index (χ0) is 12.8. The van der Waals surface area contributed by atoms with E-state index in [4.69, 9.17) is 10.5 Å². The lowest BCUT2D eigenvalue weighted by Crippen LogP contribution is -2.25. The Hall–Kier alpha value is -1.91. The molecule has 1 rings (SSSR count). The first-order chi connectivity index (χ1) is 7.99.